The zero-order valence-electron chi connectivity index (χ0n) is 10.9. The number of anilines is 1. The average Bonchev–Trinajstić information content (AvgIpc) is 2.87. The van der Waals surface area contributed by atoms with Crippen LogP contribution in [0.4, 0.5) is 5.13 Å². The minimum atomic E-state index is 0.713. The second kappa shape index (κ2) is 5.69. The van der Waals surface area contributed by atoms with Gasteiger partial charge in [0.05, 0.1) is 17.3 Å². The van der Waals surface area contributed by atoms with E-state index < -0.39 is 0 Å². The number of hydrogen-bond acceptors (Lipinski definition) is 4. The highest BCUT2D eigenvalue weighted by Gasteiger charge is 2.04. The third-order valence-corrected chi connectivity index (χ3v) is 4.18. The smallest absolute Gasteiger partial charge is 0.184 e. The summed E-state index contributed by atoms with van der Waals surface area (Å²) in [6.45, 7) is 0.734. The van der Waals surface area contributed by atoms with Crippen LogP contribution in [0.15, 0.2) is 42.5 Å². The van der Waals surface area contributed by atoms with Crippen LogP contribution >= 0.6 is 22.9 Å². The molecule has 102 valence electrons. The fraction of sp³-hybridized carbons (Fsp3) is 0.133. The fourth-order valence-corrected chi connectivity index (χ4v) is 2.91. The molecular weight excluding hydrogens is 292 g/mol. The number of aromatic nitrogens is 1. The van der Waals surface area contributed by atoms with Crippen LogP contribution in [0.1, 0.15) is 5.56 Å². The minimum absolute atomic E-state index is 0.713. The van der Waals surface area contributed by atoms with E-state index in [4.69, 9.17) is 16.3 Å². The molecule has 1 N–H and O–H groups in total. The Balaban J connectivity index is 1.72. The number of fused-ring (bicyclic) bond motifs is 1. The van der Waals surface area contributed by atoms with Crippen LogP contribution in [0.3, 0.4) is 0 Å². The van der Waals surface area contributed by atoms with Crippen molar-refractivity contribution in [3.63, 3.8) is 0 Å². The van der Waals surface area contributed by atoms with Crippen molar-refractivity contribution in [3.05, 3.63) is 53.1 Å². The molecule has 5 heteroatoms. The molecule has 0 atom stereocenters. The van der Waals surface area contributed by atoms with E-state index in [-0.39, 0.29) is 0 Å². The lowest BCUT2D eigenvalue weighted by atomic mass is 10.2. The van der Waals surface area contributed by atoms with Crippen molar-refractivity contribution in [2.24, 2.45) is 0 Å². The van der Waals surface area contributed by atoms with Gasteiger partial charge in [-0.25, -0.2) is 4.98 Å². The molecule has 0 radical (unpaired) electrons. The number of thiazole rings is 1. The van der Waals surface area contributed by atoms with Crippen LogP contribution in [0, 0.1) is 0 Å². The maximum atomic E-state index is 5.96. The molecule has 0 unspecified atom stereocenters. The highest BCUT2D eigenvalue weighted by Crippen LogP contribution is 2.28. The summed E-state index contributed by atoms with van der Waals surface area (Å²) in [7, 11) is 1.67. The number of rotatable bonds is 4. The van der Waals surface area contributed by atoms with E-state index in [9.17, 15) is 0 Å². The van der Waals surface area contributed by atoms with Crippen molar-refractivity contribution >= 4 is 38.3 Å². The Kier molecular flexibility index (Phi) is 3.76. The Labute approximate surface area is 126 Å². The summed E-state index contributed by atoms with van der Waals surface area (Å²) in [6, 6.07) is 13.7. The maximum Gasteiger partial charge on any atom is 0.184 e. The molecule has 20 heavy (non-hydrogen) atoms. The average molecular weight is 305 g/mol. The predicted molar refractivity (Wildman–Crippen MR) is 85.0 cm³/mol. The first-order valence-corrected chi connectivity index (χ1v) is 7.37. The van der Waals surface area contributed by atoms with E-state index in [1.165, 1.54) is 5.56 Å². The number of methoxy groups -OCH3 is 1. The van der Waals surface area contributed by atoms with Crippen LogP contribution < -0.4 is 10.1 Å². The Hall–Kier alpha value is -1.78. The van der Waals surface area contributed by atoms with Gasteiger partial charge < -0.3 is 10.1 Å². The SMILES string of the molecule is COc1ccc(CNc2nc3cc(Cl)ccc3s2)cc1. The molecule has 0 aliphatic carbocycles. The van der Waals surface area contributed by atoms with Crippen molar-refractivity contribution < 1.29 is 4.74 Å². The minimum Gasteiger partial charge on any atom is -0.497 e. The Bertz CT molecular complexity index is 724. The zero-order chi connectivity index (χ0) is 13.9. The van der Waals surface area contributed by atoms with Crippen molar-refractivity contribution in [2.45, 2.75) is 6.54 Å². The first-order valence-electron chi connectivity index (χ1n) is 6.17. The first kappa shape index (κ1) is 13.2. The molecule has 3 rings (SSSR count). The molecule has 0 fully saturated rings. The molecule has 0 spiro atoms. The van der Waals surface area contributed by atoms with E-state index >= 15 is 0 Å². The van der Waals surface area contributed by atoms with Gasteiger partial charge in [0.15, 0.2) is 5.13 Å². The second-order valence-electron chi connectivity index (χ2n) is 4.33. The van der Waals surface area contributed by atoms with Crippen molar-refractivity contribution in [3.8, 4) is 5.75 Å². The topological polar surface area (TPSA) is 34.1 Å². The third kappa shape index (κ3) is 2.86. The molecular formula is C15H13ClN2OS. The molecule has 2 aromatic carbocycles. The summed E-state index contributed by atoms with van der Waals surface area (Å²) in [6.07, 6.45) is 0. The van der Waals surface area contributed by atoms with Crippen molar-refractivity contribution in [2.75, 3.05) is 12.4 Å². The fourth-order valence-electron chi connectivity index (χ4n) is 1.90. The van der Waals surface area contributed by atoms with Gasteiger partial charge in [-0.05, 0) is 35.9 Å². The van der Waals surface area contributed by atoms with Crippen LogP contribution in [0.25, 0.3) is 10.2 Å². The van der Waals surface area contributed by atoms with Crippen LogP contribution in [0.5, 0.6) is 5.75 Å². The number of nitrogens with one attached hydrogen (secondary N) is 1. The molecule has 1 heterocycles. The largest absolute Gasteiger partial charge is 0.497 e. The van der Waals surface area contributed by atoms with Crippen LogP contribution in [-0.4, -0.2) is 12.1 Å². The summed E-state index contributed by atoms with van der Waals surface area (Å²) >= 11 is 7.59. The molecule has 0 saturated carbocycles. The third-order valence-electron chi connectivity index (χ3n) is 2.95. The number of hydrogen-bond donors (Lipinski definition) is 1. The molecule has 0 bridgehead atoms. The van der Waals surface area contributed by atoms with Gasteiger partial charge in [0, 0.05) is 11.6 Å². The molecule has 0 aliphatic rings. The quantitative estimate of drug-likeness (QED) is 0.766. The molecule has 0 amide bonds. The van der Waals surface area contributed by atoms with Gasteiger partial charge in [-0.3, -0.25) is 0 Å². The molecule has 3 nitrogen and oxygen atoms in total. The molecule has 3 aromatic rings. The van der Waals surface area contributed by atoms with E-state index in [0.29, 0.717) is 5.02 Å². The zero-order valence-corrected chi connectivity index (χ0v) is 12.5. The summed E-state index contributed by atoms with van der Waals surface area (Å²) in [5.41, 5.74) is 2.11. The summed E-state index contributed by atoms with van der Waals surface area (Å²) < 4.78 is 6.27. The second-order valence-corrected chi connectivity index (χ2v) is 5.80. The lowest BCUT2D eigenvalue weighted by Gasteiger charge is -2.04. The van der Waals surface area contributed by atoms with E-state index in [0.717, 1.165) is 27.6 Å². The van der Waals surface area contributed by atoms with Crippen molar-refractivity contribution in [1.29, 1.82) is 0 Å². The van der Waals surface area contributed by atoms with Gasteiger partial charge in [-0.2, -0.15) is 0 Å². The number of halogens is 1. The van der Waals surface area contributed by atoms with Crippen LogP contribution in [0.2, 0.25) is 5.02 Å². The molecule has 0 saturated heterocycles. The number of nitrogens with zero attached hydrogens (tertiary/aromatic N) is 1. The Morgan fingerprint density at radius 3 is 2.75 bits per heavy atom. The van der Waals surface area contributed by atoms with Gasteiger partial charge in [0.2, 0.25) is 0 Å². The van der Waals surface area contributed by atoms with Crippen LogP contribution in [-0.2, 0) is 6.54 Å². The highest BCUT2D eigenvalue weighted by atomic mass is 35.5. The van der Waals surface area contributed by atoms with Gasteiger partial charge in [0.25, 0.3) is 0 Å². The normalized spacial score (nSPS) is 10.7. The lowest BCUT2D eigenvalue weighted by molar-refractivity contribution is 0.414. The number of ether oxygens (including phenoxy) is 1. The Morgan fingerprint density at radius 1 is 1.20 bits per heavy atom. The highest BCUT2D eigenvalue weighted by molar-refractivity contribution is 7.22. The monoisotopic (exact) mass is 304 g/mol. The summed E-state index contributed by atoms with van der Waals surface area (Å²) in [5.74, 6) is 0.864. The molecule has 1 aromatic heterocycles. The van der Waals surface area contributed by atoms with E-state index in [1.807, 2.05) is 42.5 Å². The van der Waals surface area contributed by atoms with Crippen molar-refractivity contribution in [1.82, 2.24) is 4.98 Å². The van der Waals surface area contributed by atoms with Gasteiger partial charge in [-0.1, -0.05) is 35.1 Å². The summed E-state index contributed by atoms with van der Waals surface area (Å²) in [4.78, 5) is 4.52. The number of benzene rings is 2. The first-order chi connectivity index (χ1) is 9.74. The van der Waals surface area contributed by atoms with Gasteiger partial charge in [0.1, 0.15) is 5.75 Å². The molecule has 0 aliphatic heterocycles. The summed E-state index contributed by atoms with van der Waals surface area (Å²) in [5, 5.41) is 4.94. The van der Waals surface area contributed by atoms with Gasteiger partial charge in [-0.15, -0.1) is 0 Å². The maximum absolute atomic E-state index is 5.96. The lowest BCUT2D eigenvalue weighted by Crippen LogP contribution is -1.98. The Morgan fingerprint density at radius 2 is 2.00 bits per heavy atom. The predicted octanol–water partition coefficient (Wildman–Crippen LogP) is 4.57. The standard InChI is InChI=1S/C15H13ClN2OS/c1-19-12-5-2-10(3-6-12)9-17-15-18-13-8-11(16)4-7-14(13)20-15/h2-8H,9H2,1H3,(H,17,18). The van der Waals surface area contributed by atoms with E-state index in [1.54, 1.807) is 18.4 Å². The van der Waals surface area contributed by atoms with Gasteiger partial charge >= 0.3 is 0 Å². The van der Waals surface area contributed by atoms with E-state index in [2.05, 4.69) is 10.3 Å².